The van der Waals surface area contributed by atoms with Crippen LogP contribution in [0.2, 0.25) is 0 Å². The molecular weight excluding hydrogens is 663 g/mol. The third-order valence-electron chi connectivity index (χ3n) is 8.93. The van der Waals surface area contributed by atoms with E-state index in [4.69, 9.17) is 0 Å². The molecule has 0 spiro atoms. The Morgan fingerprint density at radius 1 is 0.644 bits per heavy atom. The van der Waals surface area contributed by atoms with Gasteiger partial charge in [-0.25, -0.2) is 5.57 Å². The van der Waals surface area contributed by atoms with Gasteiger partial charge in [0.1, 0.15) is 0 Å². The molecule has 0 saturated carbocycles. The van der Waals surface area contributed by atoms with Crippen LogP contribution in [0.1, 0.15) is 109 Å². The number of hydrogen-bond donors (Lipinski definition) is 0. The first kappa shape index (κ1) is 43.9. The molecule has 0 bridgehead atoms. The molecule has 1 atom stereocenters. The minimum atomic E-state index is -2.73. The van der Waals surface area contributed by atoms with Gasteiger partial charge in [-0.2, -0.15) is 11.3 Å². The number of benzene rings is 3. The van der Waals surface area contributed by atoms with E-state index in [9.17, 15) is 0 Å². The maximum atomic E-state index is 3.86. The van der Waals surface area contributed by atoms with Gasteiger partial charge in [-0.15, -0.1) is 6.42 Å². The molecule has 0 heterocycles. The minimum absolute atomic E-state index is 0. The third-order valence-corrected chi connectivity index (χ3v) is 13.7. The molecule has 5 heteroatoms. The summed E-state index contributed by atoms with van der Waals surface area (Å²) in [6.07, 6.45) is 9.40. The van der Waals surface area contributed by atoms with E-state index in [1.807, 2.05) is 0 Å². The monoisotopic (exact) mass is 714 g/mol. The van der Waals surface area contributed by atoms with Crippen molar-refractivity contribution >= 4 is 23.6 Å². The van der Waals surface area contributed by atoms with Crippen LogP contribution >= 0.6 is 0 Å². The molecule has 0 fully saturated rings. The van der Waals surface area contributed by atoms with E-state index in [0.717, 1.165) is 19.3 Å². The summed E-state index contributed by atoms with van der Waals surface area (Å²) in [5.74, 6) is 0.425. The van der Waals surface area contributed by atoms with Crippen LogP contribution in [0.5, 0.6) is 0 Å². The van der Waals surface area contributed by atoms with E-state index in [0.29, 0.717) is 5.92 Å². The Balaban J connectivity index is 0.00000484. The molecule has 1 aliphatic rings. The van der Waals surface area contributed by atoms with Crippen molar-refractivity contribution in [1.82, 2.24) is 0 Å². The van der Waals surface area contributed by atoms with Crippen LogP contribution < -0.4 is 52.8 Å². The molecule has 1 unspecified atom stereocenters. The molecule has 3 aromatic carbocycles. The molecule has 0 aromatic heterocycles. The molecule has 0 aliphatic heterocycles. The molecule has 1 aliphatic carbocycles. The van der Waals surface area contributed by atoms with Gasteiger partial charge in [-0.05, 0) is 59.8 Å². The second kappa shape index (κ2) is 16.9. The molecule has 0 amide bonds. The smallest absolute Gasteiger partial charge is 1.00 e. The summed E-state index contributed by atoms with van der Waals surface area (Å²) in [7, 11) is -2.73. The Hall–Kier alpha value is -1.06. The molecule has 0 saturated heterocycles. The fraction of sp³-hybridized carbons (Fsp3) is 0.450. The summed E-state index contributed by atoms with van der Waals surface area (Å²) in [4.78, 5) is 0. The van der Waals surface area contributed by atoms with Crippen molar-refractivity contribution in [2.24, 2.45) is 5.92 Å². The first-order chi connectivity index (χ1) is 19.1. The summed E-state index contributed by atoms with van der Waals surface area (Å²) >= 11 is 0. The zero-order valence-corrected chi connectivity index (χ0v) is 34.4. The van der Waals surface area contributed by atoms with Crippen LogP contribution in [0.4, 0.5) is 0 Å². The number of hydrogen-bond acceptors (Lipinski definition) is 0. The fourth-order valence-corrected chi connectivity index (χ4v) is 12.2. The van der Waals surface area contributed by atoms with Crippen molar-refractivity contribution in [3.8, 4) is 0 Å². The molecular formula is C40H53Cl3SiTi. The summed E-state index contributed by atoms with van der Waals surface area (Å²) < 4.78 is 0. The van der Waals surface area contributed by atoms with Crippen molar-refractivity contribution < 1.29 is 58.9 Å². The molecule has 0 radical (unpaired) electrons. The van der Waals surface area contributed by atoms with Crippen molar-refractivity contribution in [3.63, 3.8) is 0 Å². The van der Waals surface area contributed by atoms with Crippen LogP contribution in [0.25, 0.3) is 0 Å². The summed E-state index contributed by atoms with van der Waals surface area (Å²) in [6, 6.07) is 22.6. The zero-order valence-electron chi connectivity index (χ0n) is 29.6. The van der Waals surface area contributed by atoms with Crippen LogP contribution in [-0.4, -0.2) is 8.07 Å². The minimum Gasteiger partial charge on any atom is -1.00 e. The summed E-state index contributed by atoms with van der Waals surface area (Å²) in [6.45, 7) is 28.1. The Morgan fingerprint density at radius 3 is 1.47 bits per heavy atom. The van der Waals surface area contributed by atoms with Crippen LogP contribution in [-0.2, 0) is 45.4 Å². The maximum Gasteiger partial charge on any atom is 4.00 e. The normalized spacial score (nSPS) is 14.2. The maximum absolute atomic E-state index is 3.86. The first-order valence-electron chi connectivity index (χ1n) is 15.8. The van der Waals surface area contributed by atoms with E-state index in [2.05, 4.69) is 150 Å². The SMILES string of the molecule is CCc1cc(CC)cc([Si](C2=CC[C-]=C2C(C)C)(c2cc(C)cc(C)c2)c2cc(C(C)(C)C)cc(C(C)(C)C)c2)c1.[Cl-].[Cl-].[Cl-].[Ti+4]. The summed E-state index contributed by atoms with van der Waals surface area (Å²) in [5, 5.41) is 6.10. The molecule has 242 valence electrons. The fourth-order valence-electron chi connectivity index (χ4n) is 6.59. The topological polar surface area (TPSA) is 0 Å². The van der Waals surface area contributed by atoms with Gasteiger partial charge in [0.2, 0.25) is 0 Å². The zero-order chi connectivity index (χ0) is 30.3. The van der Waals surface area contributed by atoms with E-state index in [-0.39, 0.29) is 69.8 Å². The number of aryl methyl sites for hydroxylation is 4. The average Bonchev–Trinajstić information content (AvgIpc) is 3.38. The number of halogens is 3. The van der Waals surface area contributed by atoms with Gasteiger partial charge in [-0.3, -0.25) is 6.08 Å². The van der Waals surface area contributed by atoms with Crippen molar-refractivity contribution in [3.05, 3.63) is 111 Å². The Labute approximate surface area is 310 Å². The predicted octanol–water partition coefficient (Wildman–Crippen LogP) is -0.242. The van der Waals surface area contributed by atoms with Crippen LogP contribution in [0.15, 0.2) is 71.4 Å². The Bertz CT molecular complexity index is 1430. The first-order valence-corrected chi connectivity index (χ1v) is 17.8. The molecule has 0 N–H and O–H groups in total. The van der Waals surface area contributed by atoms with Crippen LogP contribution in [0, 0.1) is 25.8 Å². The van der Waals surface area contributed by atoms with E-state index < -0.39 is 8.07 Å². The van der Waals surface area contributed by atoms with E-state index >= 15 is 0 Å². The molecule has 4 rings (SSSR count). The van der Waals surface area contributed by atoms with Gasteiger partial charge >= 0.3 is 21.7 Å². The second-order valence-corrected chi connectivity index (χ2v) is 18.5. The van der Waals surface area contributed by atoms with Gasteiger partial charge in [0.05, 0.1) is 8.07 Å². The molecule has 0 nitrogen and oxygen atoms in total. The largest absolute Gasteiger partial charge is 4.00 e. The summed E-state index contributed by atoms with van der Waals surface area (Å²) in [5.41, 5.74) is 9.97. The van der Waals surface area contributed by atoms with Gasteiger partial charge in [0.15, 0.2) is 0 Å². The molecule has 45 heavy (non-hydrogen) atoms. The number of allylic oxidation sites excluding steroid dienone is 4. The van der Waals surface area contributed by atoms with Gasteiger partial charge in [0, 0.05) is 0 Å². The van der Waals surface area contributed by atoms with Gasteiger partial charge < -0.3 is 37.2 Å². The van der Waals surface area contributed by atoms with Crippen molar-refractivity contribution in [2.75, 3.05) is 0 Å². The van der Waals surface area contributed by atoms with Crippen LogP contribution in [0.3, 0.4) is 0 Å². The third kappa shape index (κ3) is 9.10. The Kier molecular flexibility index (Phi) is 16.5. The van der Waals surface area contributed by atoms with Crippen molar-refractivity contribution in [1.29, 1.82) is 0 Å². The number of rotatable bonds is 7. The van der Waals surface area contributed by atoms with Gasteiger partial charge in [-0.1, -0.05) is 156 Å². The molecule has 3 aromatic rings. The van der Waals surface area contributed by atoms with E-state index in [1.165, 1.54) is 54.5 Å². The Morgan fingerprint density at radius 2 is 1.07 bits per heavy atom. The average molecular weight is 716 g/mol. The van der Waals surface area contributed by atoms with Gasteiger partial charge in [0.25, 0.3) is 0 Å². The van der Waals surface area contributed by atoms with Crippen molar-refractivity contribution in [2.45, 2.75) is 113 Å². The second-order valence-electron chi connectivity index (χ2n) is 14.7. The van der Waals surface area contributed by atoms with E-state index in [1.54, 1.807) is 5.20 Å². The predicted molar refractivity (Wildman–Crippen MR) is 184 cm³/mol. The quantitative estimate of drug-likeness (QED) is 0.180. The standard InChI is InChI=1S/C40H53Si.3ClH.Ti/c1-13-30-21-31(14-2)23-35(22-30)41(34-19-28(5)18-29(6)20-34,38-17-15-16-37(38)27(3)4)36-25-32(39(7,8)9)24-33(26-36)40(10,11)12;;;;/h17-27H,13-15H2,1-12H3;3*1H;/q-1;;;;+4/p-3.